The van der Waals surface area contributed by atoms with E-state index in [1.807, 2.05) is 0 Å². The van der Waals surface area contributed by atoms with Crippen molar-refractivity contribution in [2.45, 2.75) is 81.7 Å². The number of hydrogen-bond donors (Lipinski definition) is 2. The van der Waals surface area contributed by atoms with Crippen LogP contribution in [0.4, 0.5) is 0 Å². The van der Waals surface area contributed by atoms with Crippen LogP contribution >= 0.6 is 0 Å². The molecule has 0 unspecified atom stereocenters. The van der Waals surface area contributed by atoms with Crippen molar-refractivity contribution in [1.29, 1.82) is 0 Å². The molecule has 120 valence electrons. The van der Waals surface area contributed by atoms with Gasteiger partial charge in [0.05, 0.1) is 11.0 Å². The van der Waals surface area contributed by atoms with E-state index in [1.165, 1.54) is 45.1 Å². The fraction of sp³-hybridized carbons (Fsp3) is 0.889. The van der Waals surface area contributed by atoms with E-state index in [9.17, 15) is 9.59 Å². The molecule has 4 aliphatic carbocycles. The van der Waals surface area contributed by atoms with Crippen LogP contribution in [0.3, 0.4) is 0 Å². The molecule has 0 radical (unpaired) electrons. The van der Waals surface area contributed by atoms with E-state index in [0.717, 1.165) is 31.1 Å². The van der Waals surface area contributed by atoms with Crippen molar-refractivity contribution in [2.75, 3.05) is 6.54 Å². The van der Waals surface area contributed by atoms with Gasteiger partial charge in [-0.3, -0.25) is 9.59 Å². The second-order valence-electron chi connectivity index (χ2n) is 9.05. The molecule has 0 atom stereocenters. The lowest BCUT2D eigenvalue weighted by Gasteiger charge is -2.29. The van der Waals surface area contributed by atoms with Gasteiger partial charge in [-0.25, -0.2) is 0 Å². The van der Waals surface area contributed by atoms with Gasteiger partial charge in [0.1, 0.15) is 0 Å². The summed E-state index contributed by atoms with van der Waals surface area (Å²) in [5.41, 5.74) is 0.859. The lowest BCUT2D eigenvalue weighted by molar-refractivity contribution is -0.139. The minimum atomic E-state index is -0.384. The van der Waals surface area contributed by atoms with E-state index < -0.39 is 0 Å². The quantitative estimate of drug-likeness (QED) is 0.720. The maximum atomic E-state index is 11.6. The largest absolute Gasteiger partial charge is 0.343 e. The number of amides is 1. The van der Waals surface area contributed by atoms with Gasteiger partial charge in [0.25, 0.3) is 0 Å². The Morgan fingerprint density at radius 1 is 0.773 bits per heavy atom. The summed E-state index contributed by atoms with van der Waals surface area (Å²) in [5.74, 6) is 0.416. The molecule has 6 aliphatic rings. The average molecular weight is 302 g/mol. The molecule has 0 aromatic heterocycles. The van der Waals surface area contributed by atoms with Crippen molar-refractivity contribution in [2.24, 2.45) is 10.8 Å². The molecule has 0 bridgehead atoms. The SMILES string of the molecule is C1CC12CCC1(CC1)NC2.O=C1NC2(CC2)C(=O)CC12CC2. The highest BCUT2D eigenvalue weighted by atomic mass is 16.2. The van der Waals surface area contributed by atoms with Crippen LogP contribution in [0.15, 0.2) is 0 Å². The first-order chi connectivity index (χ1) is 10.5. The molecule has 4 spiro atoms. The van der Waals surface area contributed by atoms with Crippen molar-refractivity contribution >= 4 is 11.7 Å². The fourth-order valence-electron chi connectivity index (χ4n) is 4.30. The number of Topliss-reactive ketones (excluding diaryl/α,β-unsaturated/α-hetero) is 1. The Morgan fingerprint density at radius 3 is 1.86 bits per heavy atom. The van der Waals surface area contributed by atoms with Crippen LogP contribution in [0.25, 0.3) is 0 Å². The predicted octanol–water partition coefficient (Wildman–Crippen LogP) is 2.07. The average Bonchev–Trinajstić information content (AvgIpc) is 3.33. The van der Waals surface area contributed by atoms with Crippen molar-refractivity contribution in [3.05, 3.63) is 0 Å². The molecule has 6 fully saturated rings. The van der Waals surface area contributed by atoms with Crippen LogP contribution in [0, 0.1) is 10.8 Å². The molecule has 2 N–H and O–H groups in total. The Balaban J connectivity index is 0.000000104. The van der Waals surface area contributed by atoms with Crippen molar-refractivity contribution in [3.8, 4) is 0 Å². The van der Waals surface area contributed by atoms with Crippen LogP contribution in [-0.4, -0.2) is 29.3 Å². The Bertz CT molecular complexity index is 489. The van der Waals surface area contributed by atoms with Crippen molar-refractivity contribution in [1.82, 2.24) is 10.6 Å². The Labute approximate surface area is 131 Å². The van der Waals surface area contributed by atoms with Gasteiger partial charge in [-0.1, -0.05) is 0 Å². The van der Waals surface area contributed by atoms with Gasteiger partial charge >= 0.3 is 0 Å². The highest BCUT2D eigenvalue weighted by Crippen LogP contribution is 2.57. The molecule has 4 nitrogen and oxygen atoms in total. The molecule has 2 heterocycles. The molecule has 0 aromatic carbocycles. The first-order valence-electron chi connectivity index (χ1n) is 9.11. The zero-order valence-corrected chi connectivity index (χ0v) is 13.3. The molecular formula is C18H26N2O2. The Morgan fingerprint density at radius 2 is 1.41 bits per heavy atom. The van der Waals surface area contributed by atoms with Gasteiger partial charge in [-0.15, -0.1) is 0 Å². The Hall–Kier alpha value is -0.900. The van der Waals surface area contributed by atoms with Crippen LogP contribution in [0.5, 0.6) is 0 Å². The number of nitrogens with one attached hydrogen (secondary N) is 2. The van der Waals surface area contributed by atoms with E-state index in [4.69, 9.17) is 0 Å². The zero-order valence-electron chi connectivity index (χ0n) is 13.3. The van der Waals surface area contributed by atoms with E-state index >= 15 is 0 Å². The van der Waals surface area contributed by atoms with Gasteiger partial charge in [0.15, 0.2) is 5.78 Å². The highest BCUT2D eigenvalue weighted by Gasteiger charge is 2.63. The number of piperidine rings is 2. The summed E-state index contributed by atoms with van der Waals surface area (Å²) >= 11 is 0. The van der Waals surface area contributed by atoms with Crippen LogP contribution in [-0.2, 0) is 9.59 Å². The van der Waals surface area contributed by atoms with Gasteiger partial charge in [-0.2, -0.15) is 0 Å². The van der Waals surface area contributed by atoms with Crippen LogP contribution in [0.2, 0.25) is 0 Å². The third-order valence-electron chi connectivity index (χ3n) is 7.25. The smallest absolute Gasteiger partial charge is 0.227 e. The summed E-state index contributed by atoms with van der Waals surface area (Å²) in [6.07, 6.45) is 13.0. The predicted molar refractivity (Wildman–Crippen MR) is 82.3 cm³/mol. The van der Waals surface area contributed by atoms with Crippen molar-refractivity contribution < 1.29 is 9.59 Å². The van der Waals surface area contributed by atoms with E-state index in [1.54, 1.807) is 0 Å². The molecule has 6 rings (SSSR count). The van der Waals surface area contributed by atoms with E-state index in [0.29, 0.717) is 12.0 Å². The van der Waals surface area contributed by atoms with Gasteiger partial charge < -0.3 is 10.6 Å². The zero-order chi connectivity index (χ0) is 15.1. The Kier molecular flexibility index (Phi) is 2.43. The molecule has 2 saturated heterocycles. The maximum absolute atomic E-state index is 11.6. The first-order valence-corrected chi connectivity index (χ1v) is 9.11. The summed E-state index contributed by atoms with van der Waals surface area (Å²) in [6, 6.07) is 0. The summed E-state index contributed by atoms with van der Waals surface area (Å²) in [6.45, 7) is 1.34. The van der Waals surface area contributed by atoms with Gasteiger partial charge in [-0.05, 0) is 69.6 Å². The molecule has 22 heavy (non-hydrogen) atoms. The molecule has 4 heteroatoms. The molecule has 1 amide bonds. The van der Waals surface area contributed by atoms with E-state index in [-0.39, 0.29) is 22.6 Å². The molecule has 2 aliphatic heterocycles. The minimum absolute atomic E-state index is 0.139. The second-order valence-corrected chi connectivity index (χ2v) is 9.05. The van der Waals surface area contributed by atoms with Crippen LogP contribution in [0.1, 0.15) is 70.6 Å². The standard InChI is InChI=1S/C9H11NO2.C9H15N/c11-6-5-8(1-2-8)7(12)10-9(6)3-4-9;1-2-8(1)3-4-9(5-6-9)10-7-8/h1-5H2,(H,10,12);10H,1-7H2. The van der Waals surface area contributed by atoms with Crippen LogP contribution < -0.4 is 10.6 Å². The number of carbonyl (C=O) groups excluding carboxylic acids is 2. The number of hydrogen-bond acceptors (Lipinski definition) is 3. The third kappa shape index (κ3) is 2.06. The maximum Gasteiger partial charge on any atom is 0.227 e. The van der Waals surface area contributed by atoms with Crippen molar-refractivity contribution in [3.63, 3.8) is 0 Å². The number of ketones is 1. The van der Waals surface area contributed by atoms with Gasteiger partial charge in [0, 0.05) is 18.5 Å². The number of rotatable bonds is 0. The molecule has 0 aromatic rings. The topological polar surface area (TPSA) is 58.2 Å². The lowest BCUT2D eigenvalue weighted by Crippen LogP contribution is -2.52. The molecular weight excluding hydrogens is 276 g/mol. The highest BCUT2D eigenvalue weighted by molar-refractivity contribution is 6.04. The second kappa shape index (κ2) is 3.95. The fourth-order valence-corrected chi connectivity index (χ4v) is 4.30. The third-order valence-corrected chi connectivity index (χ3v) is 7.25. The summed E-state index contributed by atoms with van der Waals surface area (Å²) < 4.78 is 0. The first kappa shape index (κ1) is 13.5. The lowest BCUT2D eigenvalue weighted by atomic mass is 9.88. The summed E-state index contributed by atoms with van der Waals surface area (Å²) in [4.78, 5) is 23.1. The minimum Gasteiger partial charge on any atom is -0.343 e. The summed E-state index contributed by atoms with van der Waals surface area (Å²) in [7, 11) is 0. The number of carbonyl (C=O) groups is 2. The van der Waals surface area contributed by atoms with Gasteiger partial charge in [0.2, 0.25) is 5.91 Å². The normalized spacial score (nSPS) is 35.8. The monoisotopic (exact) mass is 302 g/mol. The summed E-state index contributed by atoms with van der Waals surface area (Å²) in [5, 5.41) is 6.60. The van der Waals surface area contributed by atoms with E-state index in [2.05, 4.69) is 10.6 Å². The molecule has 4 saturated carbocycles.